The lowest BCUT2D eigenvalue weighted by Crippen LogP contribution is -2.44. The molecule has 0 unspecified atom stereocenters. The van der Waals surface area contributed by atoms with Crippen LogP contribution in [0.1, 0.15) is 52.9 Å². The number of carboxylic acids is 1. The highest BCUT2D eigenvalue weighted by atomic mass is 16.5. The molecule has 3 heteroatoms. The monoisotopic (exact) mass is 228 g/mol. The van der Waals surface area contributed by atoms with Crippen molar-refractivity contribution in [2.24, 2.45) is 11.8 Å². The van der Waals surface area contributed by atoms with Gasteiger partial charge in [-0.1, -0.05) is 20.8 Å². The third-order valence-corrected chi connectivity index (χ3v) is 3.55. The molecule has 1 saturated carbocycles. The fraction of sp³-hybridized carbons (Fsp3) is 0.923. The molecule has 0 atom stereocenters. The van der Waals surface area contributed by atoms with E-state index >= 15 is 0 Å². The maximum Gasteiger partial charge on any atom is 0.335 e. The van der Waals surface area contributed by atoms with Crippen molar-refractivity contribution >= 4 is 5.97 Å². The molecule has 0 aromatic carbocycles. The van der Waals surface area contributed by atoms with Crippen LogP contribution in [0, 0.1) is 11.8 Å². The summed E-state index contributed by atoms with van der Waals surface area (Å²) in [5.74, 6) is 0.428. The Balaban J connectivity index is 2.50. The number of hydrogen-bond acceptors (Lipinski definition) is 2. The Bertz CT molecular complexity index is 227. The van der Waals surface area contributed by atoms with Gasteiger partial charge >= 0.3 is 5.97 Å². The van der Waals surface area contributed by atoms with Crippen LogP contribution in [-0.2, 0) is 9.53 Å². The van der Waals surface area contributed by atoms with Crippen LogP contribution in [0.5, 0.6) is 0 Å². The molecule has 1 N–H and O–H groups in total. The molecule has 3 nitrogen and oxygen atoms in total. The zero-order valence-corrected chi connectivity index (χ0v) is 10.7. The van der Waals surface area contributed by atoms with E-state index in [1.54, 1.807) is 0 Å². The van der Waals surface area contributed by atoms with E-state index < -0.39 is 11.6 Å². The molecule has 0 aliphatic heterocycles. The maximum absolute atomic E-state index is 11.3. The summed E-state index contributed by atoms with van der Waals surface area (Å²) in [7, 11) is 0. The molecule has 0 saturated heterocycles. The van der Waals surface area contributed by atoms with Crippen LogP contribution in [0.4, 0.5) is 0 Å². The highest BCUT2D eigenvalue weighted by Crippen LogP contribution is 2.35. The Morgan fingerprint density at radius 2 is 2.00 bits per heavy atom. The average molecular weight is 228 g/mol. The van der Waals surface area contributed by atoms with Gasteiger partial charge in [-0.05, 0) is 43.9 Å². The van der Waals surface area contributed by atoms with Gasteiger partial charge in [0, 0.05) is 6.61 Å². The summed E-state index contributed by atoms with van der Waals surface area (Å²) in [5, 5.41) is 9.32. The Hall–Kier alpha value is -0.570. The molecule has 1 fully saturated rings. The molecule has 0 amide bonds. The average Bonchev–Trinajstić information content (AvgIpc) is 2.20. The van der Waals surface area contributed by atoms with Crippen molar-refractivity contribution in [3.63, 3.8) is 0 Å². The molecule has 0 radical (unpaired) electrons. The second-order valence-electron chi connectivity index (χ2n) is 5.51. The number of ether oxygens (including phenoxy) is 1. The molecule has 0 spiro atoms. The third-order valence-electron chi connectivity index (χ3n) is 3.55. The van der Waals surface area contributed by atoms with Crippen LogP contribution in [0.2, 0.25) is 0 Å². The van der Waals surface area contributed by atoms with Crippen molar-refractivity contribution in [1.82, 2.24) is 0 Å². The molecule has 1 aliphatic carbocycles. The van der Waals surface area contributed by atoms with E-state index in [1.807, 2.05) is 0 Å². The standard InChI is InChI=1S/C13H24O3/c1-10(2)6-9-16-13(12(14)15)7-4-11(3)5-8-13/h10-11H,4-9H2,1-3H3,(H,14,15). The predicted molar refractivity (Wildman–Crippen MR) is 63.4 cm³/mol. The van der Waals surface area contributed by atoms with Crippen LogP contribution < -0.4 is 0 Å². The quantitative estimate of drug-likeness (QED) is 0.786. The summed E-state index contributed by atoms with van der Waals surface area (Å²) in [4.78, 5) is 11.3. The smallest absolute Gasteiger partial charge is 0.335 e. The number of hydrogen-bond donors (Lipinski definition) is 1. The minimum absolute atomic E-state index is 0.563. The van der Waals surface area contributed by atoms with Crippen molar-refractivity contribution in [2.75, 3.05) is 6.61 Å². The van der Waals surface area contributed by atoms with Gasteiger partial charge in [-0.15, -0.1) is 0 Å². The minimum Gasteiger partial charge on any atom is -0.479 e. The van der Waals surface area contributed by atoms with E-state index in [4.69, 9.17) is 4.74 Å². The van der Waals surface area contributed by atoms with Gasteiger partial charge in [-0.3, -0.25) is 0 Å². The summed E-state index contributed by atoms with van der Waals surface area (Å²) in [6.07, 6.45) is 4.20. The lowest BCUT2D eigenvalue weighted by Gasteiger charge is -2.35. The van der Waals surface area contributed by atoms with Gasteiger partial charge in [-0.25, -0.2) is 4.79 Å². The van der Waals surface area contributed by atoms with Crippen molar-refractivity contribution in [1.29, 1.82) is 0 Å². The van der Waals surface area contributed by atoms with E-state index in [2.05, 4.69) is 20.8 Å². The first-order valence-corrected chi connectivity index (χ1v) is 6.33. The zero-order valence-electron chi connectivity index (χ0n) is 10.7. The molecule has 1 aliphatic rings. The number of carboxylic acid groups (broad SMARTS) is 1. The SMILES string of the molecule is CC(C)CCOC1(C(=O)O)CCC(C)CC1. The van der Waals surface area contributed by atoms with Gasteiger partial charge in [-0.2, -0.15) is 0 Å². The van der Waals surface area contributed by atoms with E-state index in [-0.39, 0.29) is 0 Å². The van der Waals surface area contributed by atoms with Gasteiger partial charge in [0.1, 0.15) is 0 Å². The summed E-state index contributed by atoms with van der Waals surface area (Å²) in [5.41, 5.74) is -0.887. The first kappa shape index (κ1) is 13.5. The Morgan fingerprint density at radius 1 is 1.44 bits per heavy atom. The highest BCUT2D eigenvalue weighted by Gasteiger charge is 2.42. The lowest BCUT2D eigenvalue weighted by molar-refractivity contribution is -0.172. The molecule has 0 aromatic heterocycles. The van der Waals surface area contributed by atoms with Crippen LogP contribution in [0.3, 0.4) is 0 Å². The van der Waals surface area contributed by atoms with Gasteiger partial charge in [0.2, 0.25) is 0 Å². The largest absolute Gasteiger partial charge is 0.479 e. The first-order valence-electron chi connectivity index (χ1n) is 6.33. The summed E-state index contributed by atoms with van der Waals surface area (Å²) < 4.78 is 5.69. The fourth-order valence-corrected chi connectivity index (χ4v) is 2.14. The van der Waals surface area contributed by atoms with E-state index in [0.29, 0.717) is 31.3 Å². The molecule has 16 heavy (non-hydrogen) atoms. The summed E-state index contributed by atoms with van der Waals surface area (Å²) in [6.45, 7) is 7.00. The Labute approximate surface area is 98.2 Å². The van der Waals surface area contributed by atoms with Crippen molar-refractivity contribution in [3.8, 4) is 0 Å². The van der Waals surface area contributed by atoms with Gasteiger partial charge in [0.15, 0.2) is 5.60 Å². The minimum atomic E-state index is -0.887. The highest BCUT2D eigenvalue weighted by molar-refractivity contribution is 5.77. The Morgan fingerprint density at radius 3 is 2.44 bits per heavy atom. The second-order valence-corrected chi connectivity index (χ2v) is 5.51. The molecule has 0 heterocycles. The first-order chi connectivity index (χ1) is 7.46. The fourth-order valence-electron chi connectivity index (χ4n) is 2.14. The van der Waals surface area contributed by atoms with E-state index in [9.17, 15) is 9.90 Å². The summed E-state index contributed by atoms with van der Waals surface area (Å²) >= 11 is 0. The molecule has 0 bridgehead atoms. The second kappa shape index (κ2) is 5.67. The number of rotatable bonds is 5. The predicted octanol–water partition coefficient (Wildman–Crippen LogP) is 3.08. The van der Waals surface area contributed by atoms with Gasteiger partial charge in [0.25, 0.3) is 0 Å². The molecular formula is C13H24O3. The topological polar surface area (TPSA) is 46.5 Å². The van der Waals surface area contributed by atoms with Gasteiger partial charge in [0.05, 0.1) is 0 Å². The molecule has 0 aromatic rings. The van der Waals surface area contributed by atoms with Crippen LogP contribution in [-0.4, -0.2) is 23.3 Å². The summed E-state index contributed by atoms with van der Waals surface area (Å²) in [6, 6.07) is 0. The third kappa shape index (κ3) is 3.48. The van der Waals surface area contributed by atoms with Crippen molar-refractivity contribution in [2.45, 2.75) is 58.5 Å². The lowest BCUT2D eigenvalue weighted by atomic mass is 9.79. The molecule has 1 rings (SSSR count). The van der Waals surface area contributed by atoms with Gasteiger partial charge < -0.3 is 9.84 Å². The van der Waals surface area contributed by atoms with Crippen molar-refractivity contribution in [3.05, 3.63) is 0 Å². The van der Waals surface area contributed by atoms with Crippen LogP contribution >= 0.6 is 0 Å². The normalized spacial score (nSPS) is 30.6. The van der Waals surface area contributed by atoms with E-state index in [1.165, 1.54) is 0 Å². The zero-order chi connectivity index (χ0) is 12.2. The van der Waals surface area contributed by atoms with Crippen molar-refractivity contribution < 1.29 is 14.6 Å². The van der Waals surface area contributed by atoms with E-state index in [0.717, 1.165) is 19.3 Å². The molecular weight excluding hydrogens is 204 g/mol. The number of carbonyl (C=O) groups is 1. The maximum atomic E-state index is 11.3. The van der Waals surface area contributed by atoms with Crippen LogP contribution in [0.25, 0.3) is 0 Å². The Kier molecular flexibility index (Phi) is 4.78. The van der Waals surface area contributed by atoms with Crippen LogP contribution in [0.15, 0.2) is 0 Å². The molecule has 94 valence electrons. The number of aliphatic carboxylic acids is 1.